The Morgan fingerprint density at radius 1 is 0.800 bits per heavy atom. The van der Waals surface area contributed by atoms with Crippen LogP contribution in [0.3, 0.4) is 0 Å². The standard InChI is InChI=1S/C24H31FN4O6/c1-26(9-11-28(3,4)34)15-13-14(25)22(27(2)10-12-29(5,6)35)21-18(15)23(32)19-16(30)7-8-17(31)20(19)24(21)33/h7-8,13,30-31H,9-12H2,1-6H3. The molecule has 11 heteroatoms. The topological polar surface area (TPSA) is 127 Å². The molecule has 0 heterocycles. The lowest BCUT2D eigenvalue weighted by Crippen LogP contribution is -2.41. The summed E-state index contributed by atoms with van der Waals surface area (Å²) in [6, 6.07) is 3.31. The lowest BCUT2D eigenvalue weighted by molar-refractivity contribution is -0.838. The first-order valence-corrected chi connectivity index (χ1v) is 11.0. The van der Waals surface area contributed by atoms with Crippen LogP contribution in [-0.4, -0.2) is 99.5 Å². The van der Waals surface area contributed by atoms with Crippen molar-refractivity contribution in [1.29, 1.82) is 0 Å². The molecule has 0 radical (unpaired) electrons. The van der Waals surface area contributed by atoms with E-state index in [1.165, 1.54) is 45.0 Å². The average molecular weight is 491 g/mol. The number of fused-ring (bicyclic) bond motifs is 2. The lowest BCUT2D eigenvalue weighted by Gasteiger charge is -2.37. The monoisotopic (exact) mass is 490 g/mol. The maximum Gasteiger partial charge on any atom is 0.200 e. The summed E-state index contributed by atoms with van der Waals surface area (Å²) in [6.45, 7) is 0.431. The highest BCUT2D eigenvalue weighted by atomic mass is 19.1. The van der Waals surface area contributed by atoms with Gasteiger partial charge in [0.25, 0.3) is 0 Å². The number of phenolic OH excluding ortho intramolecular Hbond substituents is 2. The second-order valence-electron chi connectivity index (χ2n) is 9.93. The number of hydrogen-bond donors (Lipinski definition) is 2. The van der Waals surface area contributed by atoms with E-state index < -0.39 is 43.7 Å². The molecule has 0 bridgehead atoms. The molecule has 1 aliphatic carbocycles. The number of halogens is 1. The first kappa shape index (κ1) is 26.4. The largest absolute Gasteiger partial charge is 0.633 e. The highest BCUT2D eigenvalue weighted by molar-refractivity contribution is 6.33. The smallest absolute Gasteiger partial charge is 0.200 e. The predicted molar refractivity (Wildman–Crippen MR) is 130 cm³/mol. The van der Waals surface area contributed by atoms with Gasteiger partial charge >= 0.3 is 0 Å². The van der Waals surface area contributed by atoms with E-state index in [0.29, 0.717) is 0 Å². The fourth-order valence-corrected chi connectivity index (χ4v) is 4.06. The highest BCUT2D eigenvalue weighted by Crippen LogP contribution is 2.44. The maximum atomic E-state index is 15.6. The van der Waals surface area contributed by atoms with E-state index in [0.717, 1.165) is 18.2 Å². The number of phenols is 2. The molecule has 0 amide bonds. The van der Waals surface area contributed by atoms with Crippen LogP contribution in [0.15, 0.2) is 18.2 Å². The minimum absolute atomic E-state index is 0.0770. The number of ketones is 2. The zero-order valence-corrected chi connectivity index (χ0v) is 20.8. The van der Waals surface area contributed by atoms with Crippen LogP contribution in [0.1, 0.15) is 31.8 Å². The number of carbonyl (C=O) groups excluding carboxylic acids is 2. The van der Waals surface area contributed by atoms with Crippen LogP contribution in [-0.2, 0) is 0 Å². The fraction of sp³-hybridized carbons (Fsp3) is 0.417. The molecule has 35 heavy (non-hydrogen) atoms. The van der Waals surface area contributed by atoms with Crippen molar-refractivity contribution in [2.24, 2.45) is 0 Å². The Morgan fingerprint density at radius 3 is 1.69 bits per heavy atom. The number of carbonyl (C=O) groups is 2. The first-order chi connectivity index (χ1) is 16.0. The van der Waals surface area contributed by atoms with Crippen molar-refractivity contribution < 1.29 is 33.5 Å². The van der Waals surface area contributed by atoms with Gasteiger partial charge in [-0.1, -0.05) is 0 Å². The van der Waals surface area contributed by atoms with Crippen LogP contribution < -0.4 is 9.80 Å². The normalized spacial score (nSPS) is 13.5. The van der Waals surface area contributed by atoms with Gasteiger partial charge in [-0.15, -0.1) is 0 Å². The summed E-state index contributed by atoms with van der Waals surface area (Å²) in [5.74, 6) is -3.38. The summed E-state index contributed by atoms with van der Waals surface area (Å²) < 4.78 is 14.3. The van der Waals surface area contributed by atoms with Crippen LogP contribution in [0.5, 0.6) is 11.5 Å². The van der Waals surface area contributed by atoms with E-state index in [-0.39, 0.29) is 54.2 Å². The minimum Gasteiger partial charge on any atom is -0.633 e. The van der Waals surface area contributed by atoms with Crippen molar-refractivity contribution >= 4 is 22.9 Å². The van der Waals surface area contributed by atoms with Crippen LogP contribution in [0.25, 0.3) is 0 Å². The molecule has 2 N–H and O–H groups in total. The maximum absolute atomic E-state index is 15.6. The molecule has 1 aliphatic rings. The Hall–Kier alpha value is -3.25. The number of hydroxylamine groups is 6. The van der Waals surface area contributed by atoms with Crippen molar-refractivity contribution in [1.82, 2.24) is 0 Å². The molecule has 190 valence electrons. The summed E-state index contributed by atoms with van der Waals surface area (Å²) in [6.07, 6.45) is 0. The third-order valence-corrected chi connectivity index (χ3v) is 6.04. The Balaban J connectivity index is 2.26. The fourth-order valence-electron chi connectivity index (χ4n) is 4.06. The average Bonchev–Trinajstić information content (AvgIpc) is 2.73. The Bertz CT molecular complexity index is 1190. The van der Waals surface area contributed by atoms with Gasteiger partial charge in [-0.2, -0.15) is 0 Å². The molecule has 0 aliphatic heterocycles. The van der Waals surface area contributed by atoms with Gasteiger partial charge in [-0.3, -0.25) is 9.59 Å². The second-order valence-corrected chi connectivity index (χ2v) is 9.93. The molecule has 0 aromatic heterocycles. The van der Waals surface area contributed by atoms with E-state index in [9.17, 15) is 30.2 Å². The van der Waals surface area contributed by atoms with Gasteiger partial charge in [-0.05, 0) is 12.1 Å². The summed E-state index contributed by atoms with van der Waals surface area (Å²) >= 11 is 0. The SMILES string of the molecule is CN(CC[N+](C)(C)[O-])c1cc(F)c(N(C)CC[N+](C)(C)[O-])c2c1C(=O)c1c(O)ccc(O)c1C2=O. The number of anilines is 2. The molecule has 3 rings (SSSR count). The summed E-state index contributed by atoms with van der Waals surface area (Å²) in [4.78, 5) is 30.2. The summed E-state index contributed by atoms with van der Waals surface area (Å²) in [5, 5.41) is 44.9. The lowest BCUT2D eigenvalue weighted by atomic mass is 9.80. The van der Waals surface area contributed by atoms with E-state index in [4.69, 9.17) is 0 Å². The second kappa shape index (κ2) is 9.08. The molecule has 0 unspecified atom stereocenters. The number of aromatic hydroxyl groups is 2. The van der Waals surface area contributed by atoms with Gasteiger partial charge in [0.15, 0.2) is 0 Å². The first-order valence-electron chi connectivity index (χ1n) is 11.0. The number of quaternary nitrogens is 2. The van der Waals surface area contributed by atoms with Gasteiger partial charge in [0.05, 0.1) is 88.0 Å². The molecule has 2 aromatic carbocycles. The van der Waals surface area contributed by atoms with Crippen molar-refractivity contribution in [2.75, 3.05) is 78.3 Å². The molecule has 0 fully saturated rings. The van der Waals surface area contributed by atoms with Crippen LogP contribution >= 0.6 is 0 Å². The molecule has 0 saturated heterocycles. The van der Waals surface area contributed by atoms with Gasteiger partial charge in [-0.25, -0.2) is 4.39 Å². The molecule has 0 spiro atoms. The van der Waals surface area contributed by atoms with Gasteiger partial charge < -0.3 is 39.7 Å². The van der Waals surface area contributed by atoms with Crippen molar-refractivity contribution in [3.05, 3.63) is 56.7 Å². The Morgan fingerprint density at radius 2 is 1.23 bits per heavy atom. The van der Waals surface area contributed by atoms with E-state index in [1.54, 1.807) is 7.05 Å². The molecule has 2 aromatic rings. The molecular formula is C24H31FN4O6. The molecular weight excluding hydrogens is 459 g/mol. The quantitative estimate of drug-likeness (QED) is 0.279. The molecule has 0 saturated carbocycles. The molecule has 10 nitrogen and oxygen atoms in total. The zero-order chi connectivity index (χ0) is 26.5. The van der Waals surface area contributed by atoms with Crippen molar-refractivity contribution in [2.45, 2.75) is 0 Å². The third-order valence-electron chi connectivity index (χ3n) is 6.04. The van der Waals surface area contributed by atoms with E-state index in [1.807, 2.05) is 0 Å². The van der Waals surface area contributed by atoms with Crippen LogP contribution in [0.2, 0.25) is 0 Å². The van der Waals surface area contributed by atoms with Gasteiger partial charge in [0.1, 0.15) is 17.3 Å². The van der Waals surface area contributed by atoms with Crippen LogP contribution in [0.4, 0.5) is 15.8 Å². The van der Waals surface area contributed by atoms with Crippen molar-refractivity contribution in [3.63, 3.8) is 0 Å². The Labute approximate surface area is 203 Å². The van der Waals surface area contributed by atoms with E-state index in [2.05, 4.69) is 0 Å². The van der Waals surface area contributed by atoms with E-state index >= 15 is 4.39 Å². The zero-order valence-electron chi connectivity index (χ0n) is 20.8. The minimum atomic E-state index is -0.824. The Kier molecular flexibility index (Phi) is 6.84. The number of hydrogen-bond acceptors (Lipinski definition) is 8. The highest BCUT2D eigenvalue weighted by Gasteiger charge is 2.40. The number of likely N-dealkylation sites (N-methyl/N-ethyl adjacent to an activating group) is 4. The van der Waals surface area contributed by atoms with Crippen molar-refractivity contribution in [3.8, 4) is 11.5 Å². The number of rotatable bonds is 8. The third kappa shape index (κ3) is 5.22. The number of nitrogens with zero attached hydrogens (tertiary/aromatic N) is 4. The predicted octanol–water partition coefficient (Wildman–Crippen LogP) is 2.03. The van der Waals surface area contributed by atoms with Gasteiger partial charge in [0.2, 0.25) is 11.6 Å². The van der Waals surface area contributed by atoms with Crippen LogP contribution in [0, 0.1) is 16.2 Å². The molecule has 0 atom stereocenters. The van der Waals surface area contributed by atoms with Gasteiger partial charge in [0, 0.05) is 20.2 Å². The summed E-state index contributed by atoms with van der Waals surface area (Å²) in [7, 11) is 8.83. The number of benzene rings is 2. The summed E-state index contributed by atoms with van der Waals surface area (Å²) in [5.41, 5.74) is -1.28.